The SMILES string of the molecule is CC(CO)NCc1c(F)cc(Br)cc1F. The lowest BCUT2D eigenvalue weighted by Gasteiger charge is -2.11. The molecule has 1 aromatic rings. The summed E-state index contributed by atoms with van der Waals surface area (Å²) in [4.78, 5) is 0. The Balaban J connectivity index is 2.77. The Bertz CT molecular complexity index is 323. The van der Waals surface area contributed by atoms with Crippen LogP contribution in [0, 0.1) is 11.6 Å². The van der Waals surface area contributed by atoms with Gasteiger partial charge in [-0.25, -0.2) is 8.78 Å². The molecule has 84 valence electrons. The average Bonchev–Trinajstić information content (AvgIpc) is 2.15. The maximum absolute atomic E-state index is 13.3. The average molecular weight is 280 g/mol. The molecule has 1 aromatic carbocycles. The van der Waals surface area contributed by atoms with Crippen LogP contribution in [-0.4, -0.2) is 17.8 Å². The molecule has 1 rings (SSSR count). The minimum absolute atomic E-state index is 0.0153. The van der Waals surface area contributed by atoms with Crippen LogP contribution in [0.2, 0.25) is 0 Å². The predicted molar refractivity (Wildman–Crippen MR) is 57.4 cm³/mol. The van der Waals surface area contributed by atoms with Crippen molar-refractivity contribution in [3.05, 3.63) is 33.8 Å². The first-order valence-electron chi connectivity index (χ1n) is 4.52. The summed E-state index contributed by atoms with van der Waals surface area (Å²) in [5, 5.41) is 11.5. The van der Waals surface area contributed by atoms with Gasteiger partial charge in [-0.05, 0) is 19.1 Å². The van der Waals surface area contributed by atoms with Gasteiger partial charge in [0, 0.05) is 22.6 Å². The van der Waals surface area contributed by atoms with Crippen LogP contribution in [0.15, 0.2) is 16.6 Å². The van der Waals surface area contributed by atoms with Crippen molar-refractivity contribution in [2.45, 2.75) is 19.5 Å². The number of nitrogens with one attached hydrogen (secondary N) is 1. The van der Waals surface area contributed by atoms with Gasteiger partial charge in [0.2, 0.25) is 0 Å². The smallest absolute Gasteiger partial charge is 0.131 e. The zero-order chi connectivity index (χ0) is 11.4. The summed E-state index contributed by atoms with van der Waals surface area (Å²) in [6.45, 7) is 1.72. The number of aliphatic hydroxyl groups is 1. The van der Waals surface area contributed by atoms with E-state index in [-0.39, 0.29) is 24.8 Å². The third kappa shape index (κ3) is 3.52. The molecule has 2 N–H and O–H groups in total. The molecule has 0 saturated carbocycles. The molecule has 2 nitrogen and oxygen atoms in total. The van der Waals surface area contributed by atoms with Gasteiger partial charge >= 0.3 is 0 Å². The van der Waals surface area contributed by atoms with Crippen molar-refractivity contribution in [2.75, 3.05) is 6.61 Å². The molecule has 0 aliphatic heterocycles. The van der Waals surface area contributed by atoms with Crippen LogP contribution >= 0.6 is 15.9 Å². The number of halogens is 3. The molecule has 0 saturated heterocycles. The number of hydrogen-bond donors (Lipinski definition) is 2. The van der Waals surface area contributed by atoms with E-state index in [1.165, 1.54) is 12.1 Å². The van der Waals surface area contributed by atoms with Crippen molar-refractivity contribution in [1.29, 1.82) is 0 Å². The van der Waals surface area contributed by atoms with Crippen molar-refractivity contribution in [3.63, 3.8) is 0 Å². The number of aliphatic hydroxyl groups excluding tert-OH is 1. The number of benzene rings is 1. The summed E-state index contributed by atoms with van der Waals surface area (Å²) >= 11 is 3.00. The van der Waals surface area contributed by atoms with Crippen LogP contribution in [-0.2, 0) is 6.54 Å². The number of hydrogen-bond acceptors (Lipinski definition) is 2. The fourth-order valence-corrected chi connectivity index (χ4v) is 1.48. The third-order valence-corrected chi connectivity index (χ3v) is 2.46. The van der Waals surface area contributed by atoms with Gasteiger partial charge < -0.3 is 10.4 Å². The second-order valence-corrected chi connectivity index (χ2v) is 4.23. The molecule has 0 amide bonds. The Labute approximate surface area is 95.4 Å². The normalized spacial score (nSPS) is 12.9. The van der Waals surface area contributed by atoms with Crippen LogP contribution < -0.4 is 5.32 Å². The van der Waals surface area contributed by atoms with E-state index in [0.717, 1.165) is 0 Å². The Morgan fingerprint density at radius 3 is 2.40 bits per heavy atom. The predicted octanol–water partition coefficient (Wildman–Crippen LogP) is 2.20. The summed E-state index contributed by atoms with van der Waals surface area (Å²) in [7, 11) is 0. The van der Waals surface area contributed by atoms with Crippen LogP contribution in [0.4, 0.5) is 8.78 Å². The van der Waals surface area contributed by atoms with Gasteiger partial charge in [-0.2, -0.15) is 0 Å². The van der Waals surface area contributed by atoms with Gasteiger partial charge in [0.25, 0.3) is 0 Å². The molecular formula is C10H12BrF2NO. The highest BCUT2D eigenvalue weighted by Crippen LogP contribution is 2.19. The summed E-state index contributed by atoms with van der Waals surface area (Å²) in [6.07, 6.45) is 0. The van der Waals surface area contributed by atoms with Gasteiger partial charge in [0.1, 0.15) is 11.6 Å². The molecule has 0 radical (unpaired) electrons. The summed E-state index contributed by atoms with van der Waals surface area (Å²) in [5.41, 5.74) is -0.0153. The summed E-state index contributed by atoms with van der Waals surface area (Å²) in [6, 6.07) is 2.24. The fourth-order valence-electron chi connectivity index (χ4n) is 1.08. The van der Waals surface area contributed by atoms with Gasteiger partial charge in [-0.3, -0.25) is 0 Å². The first-order chi connectivity index (χ1) is 7.04. The van der Waals surface area contributed by atoms with Gasteiger partial charge in [-0.1, -0.05) is 15.9 Å². The molecule has 0 aromatic heterocycles. The summed E-state index contributed by atoms with van der Waals surface area (Å²) in [5.74, 6) is -1.20. The third-order valence-electron chi connectivity index (χ3n) is 2.01. The lowest BCUT2D eigenvalue weighted by Crippen LogP contribution is -2.29. The van der Waals surface area contributed by atoms with Crippen LogP contribution in [0.5, 0.6) is 0 Å². The molecule has 5 heteroatoms. The lowest BCUT2D eigenvalue weighted by molar-refractivity contribution is 0.250. The second kappa shape index (κ2) is 5.53. The molecule has 0 bridgehead atoms. The molecule has 0 spiro atoms. The van der Waals surface area contributed by atoms with E-state index >= 15 is 0 Å². The fraction of sp³-hybridized carbons (Fsp3) is 0.400. The van der Waals surface area contributed by atoms with Crippen molar-refractivity contribution in [3.8, 4) is 0 Å². The Hall–Kier alpha value is -0.520. The highest BCUT2D eigenvalue weighted by atomic mass is 79.9. The topological polar surface area (TPSA) is 32.3 Å². The van der Waals surface area contributed by atoms with Crippen molar-refractivity contribution >= 4 is 15.9 Å². The lowest BCUT2D eigenvalue weighted by atomic mass is 10.2. The molecule has 15 heavy (non-hydrogen) atoms. The van der Waals surface area contributed by atoms with Crippen molar-refractivity contribution in [1.82, 2.24) is 5.32 Å². The van der Waals surface area contributed by atoms with E-state index in [4.69, 9.17) is 5.11 Å². The largest absolute Gasteiger partial charge is 0.395 e. The molecule has 0 fully saturated rings. The Kier molecular flexibility index (Phi) is 4.63. The van der Waals surface area contributed by atoms with Crippen LogP contribution in [0.1, 0.15) is 12.5 Å². The Morgan fingerprint density at radius 2 is 1.93 bits per heavy atom. The molecular weight excluding hydrogens is 268 g/mol. The van der Waals surface area contributed by atoms with Gasteiger partial charge in [-0.15, -0.1) is 0 Å². The van der Waals surface area contributed by atoms with Gasteiger partial charge in [0.05, 0.1) is 6.61 Å². The van der Waals surface area contributed by atoms with Crippen molar-refractivity contribution in [2.24, 2.45) is 0 Å². The first-order valence-corrected chi connectivity index (χ1v) is 5.31. The Morgan fingerprint density at radius 1 is 1.40 bits per heavy atom. The first kappa shape index (κ1) is 12.5. The highest BCUT2D eigenvalue weighted by molar-refractivity contribution is 9.10. The maximum atomic E-state index is 13.3. The summed E-state index contributed by atoms with van der Waals surface area (Å²) < 4.78 is 27.0. The van der Waals surface area contributed by atoms with Crippen LogP contribution in [0.3, 0.4) is 0 Å². The molecule has 0 aliphatic rings. The minimum atomic E-state index is -0.598. The van der Waals surface area contributed by atoms with E-state index in [1.807, 2.05) is 0 Å². The second-order valence-electron chi connectivity index (χ2n) is 3.31. The van der Waals surface area contributed by atoms with E-state index in [2.05, 4.69) is 21.2 Å². The van der Waals surface area contributed by atoms with E-state index in [9.17, 15) is 8.78 Å². The molecule has 1 atom stereocenters. The zero-order valence-electron chi connectivity index (χ0n) is 8.23. The number of rotatable bonds is 4. The molecule has 0 heterocycles. The van der Waals surface area contributed by atoms with Crippen LogP contribution in [0.25, 0.3) is 0 Å². The standard InChI is InChI=1S/C10H12BrF2NO/c1-6(5-15)14-4-8-9(12)2-7(11)3-10(8)13/h2-3,6,14-15H,4-5H2,1H3. The van der Waals surface area contributed by atoms with E-state index in [0.29, 0.717) is 4.47 Å². The monoisotopic (exact) mass is 279 g/mol. The highest BCUT2D eigenvalue weighted by Gasteiger charge is 2.11. The molecule has 1 unspecified atom stereocenters. The molecule has 0 aliphatic carbocycles. The van der Waals surface area contributed by atoms with E-state index in [1.54, 1.807) is 6.92 Å². The quantitative estimate of drug-likeness (QED) is 0.886. The minimum Gasteiger partial charge on any atom is -0.395 e. The van der Waals surface area contributed by atoms with E-state index < -0.39 is 11.6 Å². The van der Waals surface area contributed by atoms with Gasteiger partial charge in [0.15, 0.2) is 0 Å². The van der Waals surface area contributed by atoms with Crippen molar-refractivity contribution < 1.29 is 13.9 Å². The zero-order valence-corrected chi connectivity index (χ0v) is 9.81. The maximum Gasteiger partial charge on any atom is 0.131 e.